The molecule has 3 aromatic rings. The van der Waals surface area contributed by atoms with Crippen molar-refractivity contribution < 1.29 is 51.7 Å². The quantitative estimate of drug-likeness (QED) is 0.190. The van der Waals surface area contributed by atoms with Crippen molar-refractivity contribution in [3.8, 4) is 23.0 Å². The van der Waals surface area contributed by atoms with Gasteiger partial charge in [-0.25, -0.2) is 0 Å². The Kier molecular flexibility index (Phi) is 14.7. The molecule has 0 atom stereocenters. The van der Waals surface area contributed by atoms with Gasteiger partial charge in [-0.3, -0.25) is 0 Å². The van der Waals surface area contributed by atoms with Gasteiger partial charge >= 0.3 is 0 Å². The van der Waals surface area contributed by atoms with Crippen LogP contribution in [-0.2, 0) is 48.2 Å². The maximum Gasteiger partial charge on any atom is 0.180 e. The van der Waals surface area contributed by atoms with E-state index in [-0.39, 0.29) is 71.2 Å². The van der Waals surface area contributed by atoms with Crippen LogP contribution in [0.3, 0.4) is 0 Å². The van der Waals surface area contributed by atoms with E-state index in [1.54, 1.807) is 42.5 Å². The van der Waals surface area contributed by atoms with Crippen molar-refractivity contribution in [3.05, 3.63) is 82.3 Å². The average molecular weight is 648 g/mol. The van der Waals surface area contributed by atoms with E-state index >= 15 is 0 Å². The summed E-state index contributed by atoms with van der Waals surface area (Å²) >= 11 is 0. The third-order valence-corrected chi connectivity index (χ3v) is 6.14. The SMILES string of the molecule is CC(C)(C)c1ccc(C(C)(C)C)c([O-])c1[O-].CC(C)(C)c1ccc(C(C)(C)C)c([O-])c1[O-].[Mo].[O-2].[O-][n+]1ccccc1. The molecule has 0 aliphatic rings. The molecule has 8 heteroatoms. The zero-order valence-electron chi connectivity index (χ0n) is 26.5. The van der Waals surface area contributed by atoms with Crippen LogP contribution in [-0.4, -0.2) is 0 Å². The van der Waals surface area contributed by atoms with Crippen molar-refractivity contribution in [1.82, 2.24) is 0 Å². The fourth-order valence-corrected chi connectivity index (χ4v) is 3.87. The van der Waals surface area contributed by atoms with E-state index in [0.29, 0.717) is 22.3 Å². The molecule has 1 aromatic heterocycles. The van der Waals surface area contributed by atoms with E-state index in [1.807, 2.05) is 83.1 Å². The Hall–Kier alpha value is -2.76. The Labute approximate surface area is 261 Å². The number of hydrogen-bond acceptors (Lipinski definition) is 5. The zero-order chi connectivity index (χ0) is 30.6. The first-order chi connectivity index (χ1) is 17.5. The minimum absolute atomic E-state index is 0. The molecule has 230 valence electrons. The Balaban J connectivity index is 0. The van der Waals surface area contributed by atoms with Crippen LogP contribution in [0.15, 0.2) is 54.9 Å². The molecule has 41 heavy (non-hydrogen) atoms. The maximum absolute atomic E-state index is 12.0. The van der Waals surface area contributed by atoms with Crippen molar-refractivity contribution in [1.29, 1.82) is 0 Å². The van der Waals surface area contributed by atoms with Crippen LogP contribution in [0.25, 0.3) is 0 Å². The van der Waals surface area contributed by atoms with E-state index in [0.717, 1.165) is 4.73 Å². The summed E-state index contributed by atoms with van der Waals surface area (Å²) < 4.78 is 0.750. The topological polar surface area (TPSA) is 148 Å². The zero-order valence-corrected chi connectivity index (χ0v) is 28.5. The molecule has 0 amide bonds. The van der Waals surface area contributed by atoms with Crippen LogP contribution in [0.2, 0.25) is 0 Å². The van der Waals surface area contributed by atoms with Crippen molar-refractivity contribution in [2.45, 2.75) is 105 Å². The van der Waals surface area contributed by atoms with Gasteiger partial charge in [-0.05, 0) is 21.7 Å². The van der Waals surface area contributed by atoms with E-state index in [4.69, 9.17) is 0 Å². The molecule has 0 saturated carbocycles. The van der Waals surface area contributed by atoms with Crippen LogP contribution >= 0.6 is 0 Å². The summed E-state index contributed by atoms with van der Waals surface area (Å²) in [7, 11) is 0. The average Bonchev–Trinajstić information content (AvgIpc) is 2.75. The van der Waals surface area contributed by atoms with Crippen LogP contribution in [0.1, 0.15) is 105 Å². The van der Waals surface area contributed by atoms with Crippen molar-refractivity contribution in [3.63, 3.8) is 0 Å². The summed E-state index contributed by atoms with van der Waals surface area (Å²) in [6, 6.07) is 12.4. The van der Waals surface area contributed by atoms with Gasteiger partial charge in [0.1, 0.15) is 0 Å². The van der Waals surface area contributed by atoms with Gasteiger partial charge in [0.05, 0.1) is 0 Å². The Morgan fingerprint density at radius 3 is 0.756 bits per heavy atom. The molecule has 0 fully saturated rings. The molecule has 0 unspecified atom stereocenters. The second-order valence-electron chi connectivity index (χ2n) is 13.9. The van der Waals surface area contributed by atoms with Gasteiger partial charge < -0.3 is 31.1 Å². The van der Waals surface area contributed by atoms with Crippen LogP contribution < -0.4 is 25.2 Å². The predicted molar refractivity (Wildman–Crippen MR) is 152 cm³/mol. The summed E-state index contributed by atoms with van der Waals surface area (Å²) in [5, 5.41) is 58.1. The van der Waals surface area contributed by atoms with Crippen LogP contribution in [0.4, 0.5) is 0 Å². The van der Waals surface area contributed by atoms with Gasteiger partial charge in [0.15, 0.2) is 12.4 Å². The summed E-state index contributed by atoms with van der Waals surface area (Å²) in [6.45, 7) is 23.3. The standard InChI is InChI=1S/2C14H22O2.C5H5NO.Mo.O/c2*1-13(2,3)9-7-8-10(14(4,5)6)12(16)11(9)15;7-6-4-2-1-3-5-6;;/h2*7-8,15-16H,1-6H3;1-5H;;/q;;;;-2/p-4. The van der Waals surface area contributed by atoms with Gasteiger partial charge in [0.25, 0.3) is 0 Å². The molecular formula is C33H45MoNO6-6. The number of benzene rings is 2. The predicted octanol–water partition coefficient (Wildman–Crippen LogP) is 5.06. The fraction of sp³-hybridized carbons (Fsp3) is 0.485. The first-order valence-corrected chi connectivity index (χ1v) is 13.2. The third-order valence-electron chi connectivity index (χ3n) is 6.14. The minimum atomic E-state index is -0.347. The fourth-order valence-electron chi connectivity index (χ4n) is 3.87. The first-order valence-electron chi connectivity index (χ1n) is 13.2. The summed E-state index contributed by atoms with van der Waals surface area (Å²) in [6.07, 6.45) is 2.89. The number of pyridine rings is 1. The van der Waals surface area contributed by atoms with Crippen LogP contribution in [0, 0.1) is 5.21 Å². The second kappa shape index (κ2) is 14.9. The monoisotopic (exact) mass is 649 g/mol. The van der Waals surface area contributed by atoms with E-state index < -0.39 is 0 Å². The molecule has 0 aliphatic carbocycles. The summed E-state index contributed by atoms with van der Waals surface area (Å²) in [5.74, 6) is -1.39. The molecule has 0 aliphatic heterocycles. The normalized spacial score (nSPS) is 11.5. The molecule has 3 rings (SSSR count). The third kappa shape index (κ3) is 11.6. The van der Waals surface area contributed by atoms with E-state index in [2.05, 4.69) is 0 Å². The van der Waals surface area contributed by atoms with Gasteiger partial charge in [0, 0.05) is 33.2 Å². The summed E-state index contributed by atoms with van der Waals surface area (Å²) in [4.78, 5) is 0. The van der Waals surface area contributed by atoms with Crippen molar-refractivity contribution in [2.24, 2.45) is 0 Å². The first kappa shape index (κ1) is 40.4. The number of rotatable bonds is 0. The van der Waals surface area contributed by atoms with Crippen molar-refractivity contribution in [2.75, 3.05) is 0 Å². The van der Waals surface area contributed by atoms with Crippen molar-refractivity contribution >= 4 is 0 Å². The molecule has 1 heterocycles. The molecule has 0 N–H and O–H groups in total. The Bertz CT molecular complexity index is 1070. The van der Waals surface area contributed by atoms with E-state index in [9.17, 15) is 25.6 Å². The van der Waals surface area contributed by atoms with Gasteiger partial charge in [-0.1, -0.05) is 136 Å². The molecule has 0 radical (unpaired) electrons. The number of hydrogen-bond donors (Lipinski definition) is 0. The molecular weight excluding hydrogens is 602 g/mol. The Morgan fingerprint density at radius 1 is 0.439 bits per heavy atom. The minimum Gasteiger partial charge on any atom is -2.00 e. The summed E-state index contributed by atoms with van der Waals surface area (Å²) in [5.41, 5.74) is 1.32. The van der Waals surface area contributed by atoms with Gasteiger partial charge in [0.2, 0.25) is 0 Å². The molecule has 0 spiro atoms. The molecule has 0 saturated heterocycles. The second-order valence-corrected chi connectivity index (χ2v) is 13.9. The largest absolute Gasteiger partial charge is 2.00 e. The van der Waals surface area contributed by atoms with E-state index in [1.165, 1.54) is 12.4 Å². The maximum atomic E-state index is 12.0. The van der Waals surface area contributed by atoms with Gasteiger partial charge in [-0.15, -0.1) is 23.0 Å². The number of aromatic nitrogens is 1. The molecule has 0 bridgehead atoms. The Morgan fingerprint density at radius 2 is 0.634 bits per heavy atom. The van der Waals surface area contributed by atoms with Gasteiger partial charge in [-0.2, -0.15) is 4.73 Å². The van der Waals surface area contributed by atoms with Crippen LogP contribution in [0.5, 0.6) is 23.0 Å². The molecule has 2 aromatic carbocycles. The smallest absolute Gasteiger partial charge is 0.180 e. The molecule has 7 nitrogen and oxygen atoms in total. The number of nitrogens with zero attached hydrogens (tertiary/aromatic N) is 1.